The van der Waals surface area contributed by atoms with Crippen LogP contribution >= 0.6 is 11.8 Å². The van der Waals surface area contributed by atoms with E-state index in [0.717, 1.165) is 5.75 Å². The van der Waals surface area contributed by atoms with Gasteiger partial charge in [0, 0.05) is 5.25 Å². The Kier molecular flexibility index (Phi) is 5.34. The maximum absolute atomic E-state index is 5.37. The summed E-state index contributed by atoms with van der Waals surface area (Å²) in [6, 6.07) is 20.8. The number of terminal acetylenes is 1. The molecular formula is C18H16S. The molecule has 0 fully saturated rings. The molecule has 1 unspecified atom stereocenters. The maximum Gasteiger partial charge on any atom is 0.0554 e. The molecule has 0 aliphatic carbocycles. The highest BCUT2D eigenvalue weighted by Crippen LogP contribution is 2.30. The van der Waals surface area contributed by atoms with E-state index in [2.05, 4.69) is 54.5 Å². The third-order valence-corrected chi connectivity index (χ3v) is 3.86. The largest absolute Gasteiger partial charge is 0.136 e. The van der Waals surface area contributed by atoms with Gasteiger partial charge in [-0.05, 0) is 11.1 Å². The van der Waals surface area contributed by atoms with Gasteiger partial charge in [-0.2, -0.15) is 0 Å². The Hall–Kier alpha value is -1.91. The first-order valence-corrected chi connectivity index (χ1v) is 7.28. The highest BCUT2D eigenvalue weighted by molar-refractivity contribution is 7.99. The van der Waals surface area contributed by atoms with E-state index in [4.69, 9.17) is 6.42 Å². The van der Waals surface area contributed by atoms with Crippen LogP contribution in [0, 0.1) is 12.3 Å². The smallest absolute Gasteiger partial charge is 0.0554 e. The number of benzene rings is 2. The van der Waals surface area contributed by atoms with E-state index in [1.807, 2.05) is 24.3 Å². The minimum Gasteiger partial charge on any atom is -0.136 e. The number of rotatable bonds is 5. The van der Waals surface area contributed by atoms with Crippen molar-refractivity contribution in [3.05, 3.63) is 77.9 Å². The van der Waals surface area contributed by atoms with E-state index >= 15 is 0 Å². The molecule has 1 heteroatoms. The van der Waals surface area contributed by atoms with E-state index in [1.165, 1.54) is 11.1 Å². The lowest BCUT2D eigenvalue weighted by Gasteiger charge is -2.11. The standard InChI is InChI=1S/C18H16S/c1-2-15-19-18(17-11-7-4-8-12-17)14-13-16-9-5-3-6-10-16/h1,3-14,18H,15H2/b14-13+. The van der Waals surface area contributed by atoms with Crippen molar-refractivity contribution >= 4 is 17.8 Å². The Morgan fingerprint density at radius 2 is 1.63 bits per heavy atom. The summed E-state index contributed by atoms with van der Waals surface area (Å²) in [5.74, 6) is 3.42. The minimum absolute atomic E-state index is 0.303. The molecule has 19 heavy (non-hydrogen) atoms. The summed E-state index contributed by atoms with van der Waals surface area (Å²) in [7, 11) is 0. The van der Waals surface area contributed by atoms with Crippen molar-refractivity contribution in [2.75, 3.05) is 5.75 Å². The monoisotopic (exact) mass is 264 g/mol. The van der Waals surface area contributed by atoms with Gasteiger partial charge in [-0.15, -0.1) is 18.2 Å². The lowest BCUT2D eigenvalue weighted by Crippen LogP contribution is -1.90. The van der Waals surface area contributed by atoms with Crippen LogP contribution in [-0.4, -0.2) is 5.75 Å². The third kappa shape index (κ3) is 4.35. The van der Waals surface area contributed by atoms with Gasteiger partial charge in [0.15, 0.2) is 0 Å². The van der Waals surface area contributed by atoms with E-state index in [0.29, 0.717) is 5.25 Å². The molecular weight excluding hydrogens is 248 g/mol. The van der Waals surface area contributed by atoms with Crippen LogP contribution in [0.1, 0.15) is 16.4 Å². The van der Waals surface area contributed by atoms with Gasteiger partial charge in [-0.25, -0.2) is 0 Å². The first kappa shape index (κ1) is 13.5. The van der Waals surface area contributed by atoms with Crippen LogP contribution in [0.2, 0.25) is 0 Å². The fourth-order valence-electron chi connectivity index (χ4n) is 1.81. The van der Waals surface area contributed by atoms with E-state index in [1.54, 1.807) is 11.8 Å². The fourth-order valence-corrected chi connectivity index (χ4v) is 2.62. The molecule has 0 spiro atoms. The molecule has 0 saturated heterocycles. The molecule has 0 bridgehead atoms. The maximum atomic E-state index is 5.37. The average Bonchev–Trinajstić information content (AvgIpc) is 2.49. The molecule has 94 valence electrons. The molecule has 0 aromatic heterocycles. The highest BCUT2D eigenvalue weighted by atomic mass is 32.2. The van der Waals surface area contributed by atoms with Crippen LogP contribution in [-0.2, 0) is 0 Å². The summed E-state index contributed by atoms with van der Waals surface area (Å²) in [6.45, 7) is 0. The summed E-state index contributed by atoms with van der Waals surface area (Å²) in [6.07, 6.45) is 9.74. The summed E-state index contributed by atoms with van der Waals surface area (Å²) < 4.78 is 0. The second-order valence-corrected chi connectivity index (χ2v) is 5.25. The van der Waals surface area contributed by atoms with Gasteiger partial charge in [-0.1, -0.05) is 78.7 Å². The number of thioether (sulfide) groups is 1. The Morgan fingerprint density at radius 1 is 1.00 bits per heavy atom. The van der Waals surface area contributed by atoms with Crippen molar-refractivity contribution in [1.82, 2.24) is 0 Å². The first-order valence-electron chi connectivity index (χ1n) is 6.23. The van der Waals surface area contributed by atoms with Crippen molar-refractivity contribution in [2.24, 2.45) is 0 Å². The van der Waals surface area contributed by atoms with Crippen LogP contribution in [0.15, 0.2) is 66.7 Å². The molecule has 0 aliphatic rings. The van der Waals surface area contributed by atoms with Crippen molar-refractivity contribution < 1.29 is 0 Å². The normalized spacial score (nSPS) is 12.2. The molecule has 0 saturated carbocycles. The molecule has 0 nitrogen and oxygen atoms in total. The molecule has 2 aromatic rings. The van der Waals surface area contributed by atoms with E-state index in [9.17, 15) is 0 Å². The van der Waals surface area contributed by atoms with Gasteiger partial charge in [0.1, 0.15) is 0 Å². The molecule has 0 heterocycles. The van der Waals surface area contributed by atoms with Crippen molar-refractivity contribution in [1.29, 1.82) is 0 Å². The van der Waals surface area contributed by atoms with Crippen molar-refractivity contribution in [3.63, 3.8) is 0 Å². The van der Waals surface area contributed by atoms with E-state index in [-0.39, 0.29) is 0 Å². The topological polar surface area (TPSA) is 0 Å². The van der Waals surface area contributed by atoms with Crippen molar-refractivity contribution in [2.45, 2.75) is 5.25 Å². The molecule has 2 rings (SSSR count). The molecule has 2 aromatic carbocycles. The molecule has 0 N–H and O–H groups in total. The summed E-state index contributed by atoms with van der Waals surface area (Å²) >= 11 is 1.77. The second kappa shape index (κ2) is 7.51. The highest BCUT2D eigenvalue weighted by Gasteiger charge is 2.06. The van der Waals surface area contributed by atoms with Crippen LogP contribution in [0.5, 0.6) is 0 Å². The van der Waals surface area contributed by atoms with E-state index < -0.39 is 0 Å². The zero-order valence-electron chi connectivity index (χ0n) is 10.7. The van der Waals surface area contributed by atoms with Gasteiger partial charge < -0.3 is 0 Å². The zero-order chi connectivity index (χ0) is 13.3. The van der Waals surface area contributed by atoms with Crippen LogP contribution in [0.25, 0.3) is 6.08 Å². The van der Waals surface area contributed by atoms with Gasteiger partial charge in [-0.3, -0.25) is 0 Å². The number of hydrogen-bond donors (Lipinski definition) is 0. The van der Waals surface area contributed by atoms with Gasteiger partial charge in [0.05, 0.1) is 5.75 Å². The predicted octanol–water partition coefficient (Wildman–Crippen LogP) is 4.81. The third-order valence-electron chi connectivity index (χ3n) is 2.74. The Morgan fingerprint density at radius 3 is 2.26 bits per heavy atom. The minimum atomic E-state index is 0.303. The SMILES string of the molecule is C#CCSC(/C=C/c1ccccc1)c1ccccc1. The van der Waals surface area contributed by atoms with Gasteiger partial charge >= 0.3 is 0 Å². The zero-order valence-corrected chi connectivity index (χ0v) is 11.5. The predicted molar refractivity (Wildman–Crippen MR) is 86.0 cm³/mol. The molecule has 1 atom stereocenters. The quantitative estimate of drug-likeness (QED) is 0.698. The Bertz CT molecular complexity index is 549. The summed E-state index contributed by atoms with van der Waals surface area (Å²) in [5.41, 5.74) is 2.50. The van der Waals surface area contributed by atoms with Crippen LogP contribution in [0.3, 0.4) is 0 Å². The van der Waals surface area contributed by atoms with Crippen LogP contribution < -0.4 is 0 Å². The van der Waals surface area contributed by atoms with Crippen molar-refractivity contribution in [3.8, 4) is 12.3 Å². The fraction of sp³-hybridized carbons (Fsp3) is 0.111. The summed E-state index contributed by atoms with van der Waals surface area (Å²) in [4.78, 5) is 0. The Balaban J connectivity index is 2.15. The molecule has 0 aliphatic heterocycles. The lowest BCUT2D eigenvalue weighted by molar-refractivity contribution is 1.24. The number of hydrogen-bond acceptors (Lipinski definition) is 1. The average molecular weight is 264 g/mol. The molecule has 0 radical (unpaired) electrons. The second-order valence-electron chi connectivity index (χ2n) is 4.12. The summed E-state index contributed by atoms with van der Waals surface area (Å²) in [5, 5.41) is 0.303. The molecule has 0 amide bonds. The first-order chi connectivity index (χ1) is 9.40. The van der Waals surface area contributed by atoms with Gasteiger partial charge in [0.2, 0.25) is 0 Å². The lowest BCUT2D eigenvalue weighted by atomic mass is 10.1. The Labute approximate surface area is 119 Å². The van der Waals surface area contributed by atoms with Gasteiger partial charge in [0.25, 0.3) is 0 Å². The van der Waals surface area contributed by atoms with Crippen LogP contribution in [0.4, 0.5) is 0 Å².